The minimum atomic E-state index is -0.471. The van der Waals surface area contributed by atoms with Crippen molar-refractivity contribution in [1.82, 2.24) is 20.1 Å². The molecular formula is C31H34N4O6. The van der Waals surface area contributed by atoms with E-state index in [9.17, 15) is 14.4 Å². The second kappa shape index (κ2) is 12.8. The number of benzene rings is 2. The Morgan fingerprint density at radius 3 is 2.78 bits per heavy atom. The average Bonchev–Trinajstić information content (AvgIpc) is 3.00. The van der Waals surface area contributed by atoms with Crippen molar-refractivity contribution in [1.29, 1.82) is 0 Å². The zero-order valence-electron chi connectivity index (χ0n) is 23.2. The molecule has 41 heavy (non-hydrogen) atoms. The number of aromatic nitrogens is 1. The van der Waals surface area contributed by atoms with Gasteiger partial charge in [0.2, 0.25) is 5.91 Å². The van der Waals surface area contributed by atoms with Crippen LogP contribution in [0.1, 0.15) is 46.2 Å². The van der Waals surface area contributed by atoms with Gasteiger partial charge in [-0.25, -0.2) is 0 Å². The molecule has 3 amide bonds. The summed E-state index contributed by atoms with van der Waals surface area (Å²) in [5.74, 6) is 0.684. The molecule has 0 spiro atoms. The van der Waals surface area contributed by atoms with E-state index in [4.69, 9.17) is 14.2 Å². The molecule has 3 aromatic rings. The quantitative estimate of drug-likeness (QED) is 0.520. The van der Waals surface area contributed by atoms with Crippen LogP contribution in [0.15, 0.2) is 66.9 Å². The normalized spacial score (nSPS) is 19.6. The molecule has 1 N–H and O–H groups in total. The number of amides is 3. The minimum absolute atomic E-state index is 0.103. The van der Waals surface area contributed by atoms with Crippen molar-refractivity contribution < 1.29 is 28.6 Å². The number of methoxy groups -OCH3 is 1. The summed E-state index contributed by atoms with van der Waals surface area (Å²) in [4.78, 5) is 47.4. The summed E-state index contributed by atoms with van der Waals surface area (Å²) in [7, 11) is 1.54. The summed E-state index contributed by atoms with van der Waals surface area (Å²) in [6, 6.07) is 17.3. The molecule has 0 aliphatic carbocycles. The predicted octanol–water partition coefficient (Wildman–Crippen LogP) is 3.66. The number of ether oxygens (including phenoxy) is 3. The van der Waals surface area contributed by atoms with Crippen LogP contribution in [0.5, 0.6) is 17.2 Å². The lowest BCUT2D eigenvalue weighted by atomic mass is 10.0. The first-order valence-electron chi connectivity index (χ1n) is 13.8. The van der Waals surface area contributed by atoms with Crippen LogP contribution in [0, 0.1) is 0 Å². The van der Waals surface area contributed by atoms with Crippen molar-refractivity contribution in [2.75, 3.05) is 33.3 Å². The minimum Gasteiger partial charge on any atom is -0.493 e. The van der Waals surface area contributed by atoms with Crippen molar-refractivity contribution in [3.8, 4) is 17.2 Å². The number of pyridine rings is 1. The van der Waals surface area contributed by atoms with Gasteiger partial charge in [-0.1, -0.05) is 25.1 Å². The molecule has 0 unspecified atom stereocenters. The molecule has 0 radical (unpaired) electrons. The van der Waals surface area contributed by atoms with Gasteiger partial charge in [0.15, 0.2) is 11.5 Å². The van der Waals surface area contributed by atoms with Crippen LogP contribution in [0.2, 0.25) is 0 Å². The Balaban J connectivity index is 1.45. The van der Waals surface area contributed by atoms with E-state index in [0.29, 0.717) is 54.4 Å². The van der Waals surface area contributed by atoms with E-state index in [1.54, 1.807) is 47.5 Å². The number of hydrogen-bond donors (Lipinski definition) is 1. The molecule has 2 aliphatic rings. The van der Waals surface area contributed by atoms with Gasteiger partial charge in [-0.3, -0.25) is 19.4 Å². The number of piperidine rings is 1. The van der Waals surface area contributed by atoms with Crippen LogP contribution in [0.3, 0.4) is 0 Å². The van der Waals surface area contributed by atoms with Gasteiger partial charge in [0.25, 0.3) is 11.8 Å². The number of rotatable bonds is 4. The smallest absolute Gasteiger partial charge is 0.272 e. The number of carbonyl (C=O) groups excluding carboxylic acids is 3. The van der Waals surface area contributed by atoms with Crippen molar-refractivity contribution in [2.24, 2.45) is 0 Å². The zero-order chi connectivity index (χ0) is 28.8. The Labute approximate surface area is 239 Å². The van der Waals surface area contributed by atoms with Crippen molar-refractivity contribution >= 4 is 17.7 Å². The summed E-state index contributed by atoms with van der Waals surface area (Å²) in [5, 5.41) is 3.08. The van der Waals surface area contributed by atoms with Crippen molar-refractivity contribution in [3.63, 3.8) is 0 Å². The fourth-order valence-electron chi connectivity index (χ4n) is 5.14. The van der Waals surface area contributed by atoms with Crippen LogP contribution >= 0.6 is 0 Å². The van der Waals surface area contributed by atoms with E-state index in [-0.39, 0.29) is 43.5 Å². The molecule has 2 aromatic carbocycles. The highest BCUT2D eigenvalue weighted by Gasteiger charge is 2.34. The van der Waals surface area contributed by atoms with Crippen LogP contribution in [0.25, 0.3) is 0 Å². The molecule has 10 heteroatoms. The van der Waals surface area contributed by atoms with E-state index < -0.39 is 6.10 Å². The largest absolute Gasteiger partial charge is 0.493 e. The zero-order valence-corrected chi connectivity index (χ0v) is 23.2. The molecular weight excluding hydrogens is 524 g/mol. The fourth-order valence-corrected chi connectivity index (χ4v) is 5.14. The van der Waals surface area contributed by atoms with Gasteiger partial charge in [0.05, 0.1) is 32.4 Å². The van der Waals surface area contributed by atoms with Gasteiger partial charge < -0.3 is 29.3 Å². The summed E-state index contributed by atoms with van der Waals surface area (Å²) in [6.45, 7) is 3.24. The molecule has 214 valence electrons. The Morgan fingerprint density at radius 1 is 1.12 bits per heavy atom. The average molecular weight is 559 g/mol. The molecule has 2 aliphatic heterocycles. The maximum atomic E-state index is 13.5. The van der Waals surface area contributed by atoms with Crippen LogP contribution < -0.4 is 14.8 Å². The van der Waals surface area contributed by atoms with E-state index >= 15 is 0 Å². The van der Waals surface area contributed by atoms with E-state index in [2.05, 4.69) is 10.3 Å². The second-order valence-electron chi connectivity index (χ2n) is 10.1. The maximum absolute atomic E-state index is 13.5. The van der Waals surface area contributed by atoms with Crippen molar-refractivity contribution in [2.45, 2.75) is 38.5 Å². The molecule has 2 atom stereocenters. The van der Waals surface area contributed by atoms with Gasteiger partial charge >= 0.3 is 0 Å². The molecule has 10 nitrogen and oxygen atoms in total. The summed E-state index contributed by atoms with van der Waals surface area (Å²) in [6.07, 6.45) is 2.31. The third-order valence-corrected chi connectivity index (χ3v) is 7.19. The number of carbonyl (C=O) groups is 3. The van der Waals surface area contributed by atoms with Crippen LogP contribution in [-0.2, 0) is 16.1 Å². The molecule has 0 saturated carbocycles. The monoisotopic (exact) mass is 558 g/mol. The molecule has 1 fully saturated rings. The lowest BCUT2D eigenvalue weighted by molar-refractivity contribution is -0.124. The number of fused-ring (bicyclic) bond motifs is 5. The Kier molecular flexibility index (Phi) is 8.79. The first-order valence-corrected chi connectivity index (χ1v) is 13.8. The first-order chi connectivity index (χ1) is 19.9. The third kappa shape index (κ3) is 6.66. The summed E-state index contributed by atoms with van der Waals surface area (Å²) in [5.41, 5.74) is 1.61. The van der Waals surface area contributed by atoms with Gasteiger partial charge in [0, 0.05) is 31.4 Å². The second-order valence-corrected chi connectivity index (χ2v) is 10.1. The van der Waals surface area contributed by atoms with Gasteiger partial charge in [0.1, 0.15) is 11.4 Å². The Hall–Kier alpha value is -4.44. The summed E-state index contributed by atoms with van der Waals surface area (Å²) < 4.78 is 18.0. The maximum Gasteiger partial charge on any atom is 0.272 e. The summed E-state index contributed by atoms with van der Waals surface area (Å²) >= 11 is 0. The molecule has 3 heterocycles. The predicted molar refractivity (Wildman–Crippen MR) is 151 cm³/mol. The van der Waals surface area contributed by atoms with Gasteiger partial charge in [-0.2, -0.15) is 0 Å². The van der Waals surface area contributed by atoms with Gasteiger partial charge in [-0.05, 0) is 60.9 Å². The molecule has 4 bridgehead atoms. The van der Waals surface area contributed by atoms with E-state index in [1.165, 1.54) is 12.0 Å². The molecule has 1 aromatic heterocycles. The Bertz CT molecular complexity index is 1400. The lowest BCUT2D eigenvalue weighted by Gasteiger charge is -2.39. The third-order valence-electron chi connectivity index (χ3n) is 7.19. The number of hydrogen-bond acceptors (Lipinski definition) is 7. The number of nitrogens with zero attached hydrogens (tertiary/aromatic N) is 3. The first kappa shape index (κ1) is 28.1. The van der Waals surface area contributed by atoms with Crippen molar-refractivity contribution in [3.05, 3.63) is 83.7 Å². The topological polar surface area (TPSA) is 110 Å². The highest BCUT2D eigenvalue weighted by molar-refractivity contribution is 5.97. The van der Waals surface area contributed by atoms with E-state index in [0.717, 1.165) is 5.56 Å². The Morgan fingerprint density at radius 2 is 2.00 bits per heavy atom. The van der Waals surface area contributed by atoms with Crippen LogP contribution in [0.4, 0.5) is 0 Å². The molecule has 1 saturated heterocycles. The van der Waals surface area contributed by atoms with Gasteiger partial charge in [-0.15, -0.1) is 0 Å². The highest BCUT2D eigenvalue weighted by Crippen LogP contribution is 2.33. The number of likely N-dealkylation sites (tertiary alicyclic amines) is 1. The lowest BCUT2D eigenvalue weighted by Crippen LogP contribution is -2.57. The molecule has 5 rings (SSSR count). The number of nitrogens with one attached hydrogen (secondary N) is 1. The fraction of sp³-hybridized carbons (Fsp3) is 0.355. The van der Waals surface area contributed by atoms with E-state index in [1.807, 2.05) is 31.2 Å². The highest BCUT2D eigenvalue weighted by atomic mass is 16.5. The standard InChI is InChI=1S/C31H34N4O6/c1-3-14-34-19-29(36)33-24-12-15-35(31(38)25-9-4-5-13-32-25)18-28(24)40-20-21-7-6-8-23(16-21)41-27-17-22(30(34)37)10-11-26(27)39-2/h4-11,13,16-17,24,28H,3,12,14-15,18-20H2,1-2H3,(H,33,36)/t24-,28-/m0/s1. The SMILES string of the molecule is CCCN1CC(=O)N[C@H]2CCN(C(=O)c3ccccn3)C[C@@H]2OCc2cccc(c2)Oc2cc(ccc2OC)C1=O. The van der Waals surface area contributed by atoms with Crippen LogP contribution in [-0.4, -0.2) is 77.9 Å².